The van der Waals surface area contributed by atoms with Crippen LogP contribution in [-0.4, -0.2) is 28.4 Å². The predicted octanol–water partition coefficient (Wildman–Crippen LogP) is 4.70. The zero-order chi connectivity index (χ0) is 20.1. The summed E-state index contributed by atoms with van der Waals surface area (Å²) in [7, 11) is 0. The van der Waals surface area contributed by atoms with E-state index >= 15 is 0 Å². The first-order valence-electron chi connectivity index (χ1n) is 11.0. The minimum Gasteiger partial charge on any atom is -0.394 e. The fourth-order valence-electron chi connectivity index (χ4n) is 2.75. The molecule has 2 atom stereocenters. The summed E-state index contributed by atoms with van der Waals surface area (Å²) in [4.78, 5) is 0. The van der Waals surface area contributed by atoms with Gasteiger partial charge in [0.25, 0.3) is 0 Å². The van der Waals surface area contributed by atoms with Gasteiger partial charge in [0.05, 0.1) is 22.3 Å². The number of nitrogens with two attached hydrogens (primary N) is 1. The average Bonchev–Trinajstić information content (AvgIpc) is 2.57. The Balaban J connectivity index is 3.76. The van der Waals surface area contributed by atoms with E-state index in [1.54, 1.807) is 0 Å². The maximum absolute atomic E-state index is 10.2. The SMILES string of the molecule is [3H]C([3H])(O)C(N)(C=C)C([3H])(O)CCCCCCCCCCCCCCC. The van der Waals surface area contributed by atoms with Crippen molar-refractivity contribution >= 4 is 0 Å². The minimum absolute atomic E-state index is 0.00729. The molecule has 0 spiro atoms. The lowest BCUT2D eigenvalue weighted by Gasteiger charge is -2.29. The Morgan fingerprint density at radius 3 is 1.74 bits per heavy atom. The summed E-state index contributed by atoms with van der Waals surface area (Å²) >= 11 is 0. The van der Waals surface area contributed by atoms with Crippen molar-refractivity contribution < 1.29 is 14.3 Å². The Labute approximate surface area is 148 Å². The molecule has 0 heterocycles. The highest BCUT2D eigenvalue weighted by Crippen LogP contribution is 2.17. The molecule has 23 heavy (non-hydrogen) atoms. The monoisotopic (exact) mass is 333 g/mol. The number of rotatable bonds is 17. The number of hydrogen-bond donors (Lipinski definition) is 3. The van der Waals surface area contributed by atoms with Crippen LogP contribution in [0.1, 0.15) is 101 Å². The maximum atomic E-state index is 10.2. The van der Waals surface area contributed by atoms with Gasteiger partial charge in [0.2, 0.25) is 0 Å². The first kappa shape index (κ1) is 17.4. The summed E-state index contributed by atoms with van der Waals surface area (Å²) in [5, 5.41) is 19.7. The van der Waals surface area contributed by atoms with Crippen LogP contribution in [-0.2, 0) is 0 Å². The molecule has 0 saturated carbocycles. The molecule has 0 aromatic heterocycles. The molecule has 0 amide bonds. The van der Waals surface area contributed by atoms with Crippen LogP contribution in [0.25, 0.3) is 0 Å². The van der Waals surface area contributed by atoms with Crippen LogP contribution >= 0.6 is 0 Å². The summed E-state index contributed by atoms with van der Waals surface area (Å²) in [6, 6.07) is 0. The second kappa shape index (κ2) is 15.2. The highest BCUT2D eigenvalue weighted by Gasteiger charge is 2.29. The molecule has 0 saturated heterocycles. The second-order valence-corrected chi connectivity index (χ2v) is 6.62. The average molecular weight is 334 g/mol. The van der Waals surface area contributed by atoms with E-state index in [9.17, 15) is 10.2 Å². The molecule has 2 unspecified atom stereocenters. The zero-order valence-electron chi connectivity index (χ0n) is 18.2. The lowest BCUT2D eigenvalue weighted by molar-refractivity contribution is 0.0615. The molecule has 0 aromatic carbocycles. The quantitative estimate of drug-likeness (QED) is 0.267. The molecule has 138 valence electrons. The van der Waals surface area contributed by atoms with Crippen molar-refractivity contribution in [2.75, 3.05) is 6.56 Å². The van der Waals surface area contributed by atoms with Crippen molar-refractivity contribution in [2.45, 2.75) is 108 Å². The molecule has 0 aromatic rings. The third-order valence-corrected chi connectivity index (χ3v) is 4.50. The summed E-state index contributed by atoms with van der Waals surface area (Å²) in [6.45, 7) is 2.71. The third-order valence-electron chi connectivity index (χ3n) is 4.50. The number of hydrogen-bond acceptors (Lipinski definition) is 3. The van der Waals surface area contributed by atoms with Gasteiger partial charge in [-0.1, -0.05) is 96.5 Å². The largest absolute Gasteiger partial charge is 0.394 e. The van der Waals surface area contributed by atoms with Crippen molar-refractivity contribution in [1.82, 2.24) is 0 Å². The highest BCUT2D eigenvalue weighted by atomic mass is 16.3. The molecule has 0 aliphatic carbocycles. The molecule has 4 N–H and O–H groups in total. The topological polar surface area (TPSA) is 66.5 Å². The van der Waals surface area contributed by atoms with Gasteiger partial charge in [-0.15, -0.1) is 6.58 Å². The van der Waals surface area contributed by atoms with Gasteiger partial charge in [-0.3, -0.25) is 0 Å². The van der Waals surface area contributed by atoms with Crippen LogP contribution in [0.15, 0.2) is 12.7 Å². The van der Waals surface area contributed by atoms with Gasteiger partial charge in [-0.25, -0.2) is 0 Å². The zero-order valence-corrected chi connectivity index (χ0v) is 15.2. The van der Waals surface area contributed by atoms with Gasteiger partial charge >= 0.3 is 0 Å². The van der Waals surface area contributed by atoms with Crippen LogP contribution in [0.3, 0.4) is 0 Å². The summed E-state index contributed by atoms with van der Waals surface area (Å²) < 4.78 is 22.7. The van der Waals surface area contributed by atoms with Gasteiger partial charge < -0.3 is 15.9 Å². The molecule has 3 heteroatoms. The molecule has 0 fully saturated rings. The standard InChI is InChI=1S/C20H41NO2/c1-3-5-6-7-8-9-10-11-12-13-14-15-16-17-19(23)20(21,4-2)18-22/h4,19,22-23H,2-3,5-18,21H2,1H3/i18T2,19T. The van der Waals surface area contributed by atoms with Gasteiger partial charge in [0, 0.05) is 0 Å². The van der Waals surface area contributed by atoms with E-state index in [0.717, 1.165) is 25.3 Å². The maximum Gasteiger partial charge on any atom is 0.0834 e. The molecular formula is C20H41NO2. The second-order valence-electron chi connectivity index (χ2n) is 6.62. The van der Waals surface area contributed by atoms with Gasteiger partial charge in [0.15, 0.2) is 0 Å². The van der Waals surface area contributed by atoms with E-state index in [2.05, 4.69) is 13.5 Å². The van der Waals surface area contributed by atoms with Crippen molar-refractivity contribution in [1.29, 1.82) is 0 Å². The molecule has 0 bridgehead atoms. The number of aliphatic hydroxyl groups is 2. The van der Waals surface area contributed by atoms with Crippen LogP contribution in [0.4, 0.5) is 0 Å². The first-order chi connectivity index (χ1) is 12.1. The molecule has 0 radical (unpaired) electrons. The third kappa shape index (κ3) is 11.7. The van der Waals surface area contributed by atoms with Crippen LogP contribution in [0.2, 0.25) is 0 Å². The van der Waals surface area contributed by atoms with E-state index in [0.29, 0.717) is 6.42 Å². The minimum atomic E-state index is -2.90. The van der Waals surface area contributed by atoms with Crippen molar-refractivity contribution in [3.8, 4) is 0 Å². The molecule has 0 aliphatic rings. The normalized spacial score (nSPS) is 19.2. The first-order valence-corrected chi connectivity index (χ1v) is 9.49. The van der Waals surface area contributed by atoms with E-state index in [1.165, 1.54) is 57.8 Å². The lowest BCUT2D eigenvalue weighted by atomic mass is 9.90. The fourth-order valence-corrected chi connectivity index (χ4v) is 2.75. The van der Waals surface area contributed by atoms with Crippen molar-refractivity contribution in [2.24, 2.45) is 5.73 Å². The Hall–Kier alpha value is -0.380. The Morgan fingerprint density at radius 2 is 1.39 bits per heavy atom. The fraction of sp³-hybridized carbons (Fsp3) is 0.900. The van der Waals surface area contributed by atoms with E-state index in [1.807, 2.05) is 0 Å². The highest BCUT2D eigenvalue weighted by molar-refractivity contribution is 5.05. The van der Waals surface area contributed by atoms with Crippen molar-refractivity contribution in [3.05, 3.63) is 12.7 Å². The molecular weight excluding hydrogens is 286 g/mol. The summed E-state index contributed by atoms with van der Waals surface area (Å²) in [5.74, 6) is 0. The summed E-state index contributed by atoms with van der Waals surface area (Å²) in [6.07, 6.45) is 14.1. The lowest BCUT2D eigenvalue weighted by Crippen LogP contribution is -2.52. The van der Waals surface area contributed by atoms with Crippen LogP contribution in [0.5, 0.6) is 0 Å². The van der Waals surface area contributed by atoms with Gasteiger partial charge in [-0.05, 0) is 6.42 Å². The molecule has 0 rings (SSSR count). The van der Waals surface area contributed by atoms with Crippen molar-refractivity contribution in [3.63, 3.8) is 0 Å². The van der Waals surface area contributed by atoms with Crippen LogP contribution < -0.4 is 5.73 Å². The molecule has 3 nitrogen and oxygen atoms in total. The van der Waals surface area contributed by atoms with E-state index in [-0.39, 0.29) is 6.42 Å². The van der Waals surface area contributed by atoms with Gasteiger partial charge in [0.1, 0.15) is 0 Å². The van der Waals surface area contributed by atoms with Gasteiger partial charge in [-0.2, -0.15) is 0 Å². The predicted molar refractivity (Wildman–Crippen MR) is 101 cm³/mol. The Morgan fingerprint density at radius 1 is 1.00 bits per heavy atom. The Bertz CT molecular complexity index is 373. The molecule has 0 aliphatic heterocycles. The number of unbranched alkanes of at least 4 members (excludes halogenated alkanes) is 12. The smallest absolute Gasteiger partial charge is 0.0834 e. The van der Waals surface area contributed by atoms with E-state index < -0.39 is 18.2 Å². The summed E-state index contributed by atoms with van der Waals surface area (Å²) in [5.41, 5.74) is 3.51. The van der Waals surface area contributed by atoms with Crippen LogP contribution in [0, 0.1) is 0 Å². The van der Waals surface area contributed by atoms with E-state index in [4.69, 9.17) is 9.85 Å². The Kier molecular flexibility index (Phi) is 11.5.